The van der Waals surface area contributed by atoms with Crippen LogP contribution in [-0.2, 0) is 4.74 Å². The third-order valence-corrected chi connectivity index (χ3v) is 4.57. The summed E-state index contributed by atoms with van der Waals surface area (Å²) in [5.41, 5.74) is 0. The smallest absolute Gasteiger partial charge is 0.317 e. The van der Waals surface area contributed by atoms with Crippen LogP contribution in [0.5, 0.6) is 5.75 Å². The van der Waals surface area contributed by atoms with E-state index in [1.807, 2.05) is 13.8 Å². The molecule has 1 aromatic carbocycles. The highest BCUT2D eigenvalue weighted by Gasteiger charge is 2.17. The van der Waals surface area contributed by atoms with Gasteiger partial charge in [-0.05, 0) is 32.0 Å². The Morgan fingerprint density at radius 1 is 1.27 bits per heavy atom. The van der Waals surface area contributed by atoms with Gasteiger partial charge in [-0.3, -0.25) is 4.90 Å². The van der Waals surface area contributed by atoms with E-state index in [-0.39, 0.29) is 12.1 Å². The molecule has 1 saturated heterocycles. The molecule has 1 N–H and O–H groups in total. The second-order valence-corrected chi connectivity index (χ2v) is 7.30. The van der Waals surface area contributed by atoms with Gasteiger partial charge in [-0.25, -0.2) is 4.79 Å². The van der Waals surface area contributed by atoms with E-state index in [0.29, 0.717) is 35.5 Å². The highest BCUT2D eigenvalue weighted by atomic mass is 35.5. The summed E-state index contributed by atoms with van der Waals surface area (Å²) in [6, 6.07) is 5.05. The van der Waals surface area contributed by atoms with Crippen LogP contribution in [0.2, 0.25) is 10.0 Å². The molecule has 26 heavy (non-hydrogen) atoms. The molecule has 0 unspecified atom stereocenters. The third kappa shape index (κ3) is 7.19. The van der Waals surface area contributed by atoms with Crippen molar-refractivity contribution in [1.29, 1.82) is 0 Å². The van der Waals surface area contributed by atoms with Crippen LogP contribution >= 0.6 is 23.2 Å². The number of amides is 2. The second kappa shape index (κ2) is 10.8. The summed E-state index contributed by atoms with van der Waals surface area (Å²) in [5, 5.41) is 4.03. The lowest BCUT2D eigenvalue weighted by Gasteiger charge is -2.29. The van der Waals surface area contributed by atoms with Crippen LogP contribution in [0.4, 0.5) is 4.79 Å². The Morgan fingerprint density at radius 3 is 2.54 bits per heavy atom. The van der Waals surface area contributed by atoms with Crippen molar-refractivity contribution in [3.63, 3.8) is 0 Å². The maximum Gasteiger partial charge on any atom is 0.317 e. The first-order valence-electron chi connectivity index (χ1n) is 8.89. The zero-order chi connectivity index (χ0) is 18.9. The molecule has 0 aliphatic carbocycles. The number of ether oxygens (including phenoxy) is 2. The second-order valence-electron chi connectivity index (χ2n) is 6.43. The van der Waals surface area contributed by atoms with Crippen LogP contribution in [0.25, 0.3) is 0 Å². The third-order valence-electron chi connectivity index (χ3n) is 4.13. The standard InChI is InChI=1S/C18H27Cl2N3O3/c1-14(2)23(7-10-26-17-12-15(19)11-16(20)13-17)18(24)21-3-4-22-5-8-25-9-6-22/h11-14H,3-10H2,1-2H3,(H,21,24). The van der Waals surface area contributed by atoms with Gasteiger partial charge < -0.3 is 19.7 Å². The van der Waals surface area contributed by atoms with Crippen molar-refractivity contribution in [2.45, 2.75) is 19.9 Å². The summed E-state index contributed by atoms with van der Waals surface area (Å²) in [4.78, 5) is 16.5. The maximum absolute atomic E-state index is 12.5. The Morgan fingerprint density at radius 2 is 1.92 bits per heavy atom. The van der Waals surface area contributed by atoms with Crippen molar-refractivity contribution >= 4 is 29.2 Å². The minimum Gasteiger partial charge on any atom is -0.492 e. The molecule has 0 atom stereocenters. The zero-order valence-electron chi connectivity index (χ0n) is 15.3. The summed E-state index contributed by atoms with van der Waals surface area (Å²) in [7, 11) is 0. The molecule has 1 aliphatic rings. The van der Waals surface area contributed by atoms with E-state index in [4.69, 9.17) is 32.7 Å². The first kappa shape index (κ1) is 21.1. The van der Waals surface area contributed by atoms with Crippen LogP contribution in [0.1, 0.15) is 13.8 Å². The van der Waals surface area contributed by atoms with Crippen molar-refractivity contribution < 1.29 is 14.3 Å². The Hall–Kier alpha value is -1.21. The molecule has 1 aromatic rings. The number of urea groups is 1. The molecule has 6 nitrogen and oxygen atoms in total. The van der Waals surface area contributed by atoms with E-state index in [0.717, 1.165) is 32.8 Å². The highest BCUT2D eigenvalue weighted by Crippen LogP contribution is 2.24. The Kier molecular flexibility index (Phi) is 8.78. The quantitative estimate of drug-likeness (QED) is 0.724. The summed E-state index contributed by atoms with van der Waals surface area (Å²) in [5.74, 6) is 0.596. The Balaban J connectivity index is 1.74. The van der Waals surface area contributed by atoms with E-state index in [1.165, 1.54) is 0 Å². The average molecular weight is 404 g/mol. The number of nitrogens with one attached hydrogen (secondary N) is 1. The van der Waals surface area contributed by atoms with Gasteiger partial charge in [0.05, 0.1) is 19.8 Å². The molecule has 0 saturated carbocycles. The average Bonchev–Trinajstić information content (AvgIpc) is 2.58. The van der Waals surface area contributed by atoms with Gasteiger partial charge in [0.2, 0.25) is 0 Å². The van der Waals surface area contributed by atoms with Gasteiger partial charge in [-0.15, -0.1) is 0 Å². The fourth-order valence-corrected chi connectivity index (χ4v) is 3.22. The summed E-state index contributed by atoms with van der Waals surface area (Å²) in [6.45, 7) is 9.62. The predicted molar refractivity (Wildman–Crippen MR) is 104 cm³/mol. The Labute approximate surface area is 165 Å². The largest absolute Gasteiger partial charge is 0.492 e. The van der Waals surface area contributed by atoms with Crippen LogP contribution < -0.4 is 10.1 Å². The van der Waals surface area contributed by atoms with Gasteiger partial charge in [0.15, 0.2) is 0 Å². The number of carbonyl (C=O) groups is 1. The lowest BCUT2D eigenvalue weighted by atomic mass is 10.3. The molecule has 0 bridgehead atoms. The summed E-state index contributed by atoms with van der Waals surface area (Å²) < 4.78 is 11.0. The van der Waals surface area contributed by atoms with Gasteiger partial charge in [0, 0.05) is 42.3 Å². The van der Waals surface area contributed by atoms with E-state index in [1.54, 1.807) is 23.1 Å². The highest BCUT2D eigenvalue weighted by molar-refractivity contribution is 6.34. The molecular weight excluding hydrogens is 377 g/mol. The van der Waals surface area contributed by atoms with Gasteiger partial charge in [-0.1, -0.05) is 23.2 Å². The molecule has 2 rings (SSSR count). The number of benzene rings is 1. The molecule has 1 heterocycles. The monoisotopic (exact) mass is 403 g/mol. The van der Waals surface area contributed by atoms with Crippen LogP contribution in [-0.4, -0.2) is 74.4 Å². The number of hydrogen-bond donors (Lipinski definition) is 1. The van der Waals surface area contributed by atoms with E-state index in [9.17, 15) is 4.79 Å². The Bertz CT molecular complexity index is 561. The topological polar surface area (TPSA) is 54.0 Å². The summed E-state index contributed by atoms with van der Waals surface area (Å²) >= 11 is 11.9. The lowest BCUT2D eigenvalue weighted by molar-refractivity contribution is 0.0385. The number of rotatable bonds is 8. The number of carbonyl (C=O) groups excluding carboxylic acids is 1. The number of hydrogen-bond acceptors (Lipinski definition) is 4. The van der Waals surface area contributed by atoms with Crippen molar-refractivity contribution in [3.05, 3.63) is 28.2 Å². The predicted octanol–water partition coefficient (Wildman–Crippen LogP) is 3.12. The maximum atomic E-state index is 12.5. The minimum atomic E-state index is -0.0824. The van der Waals surface area contributed by atoms with E-state index >= 15 is 0 Å². The number of nitrogens with zero attached hydrogens (tertiary/aromatic N) is 2. The lowest BCUT2D eigenvalue weighted by Crippen LogP contribution is -2.48. The van der Waals surface area contributed by atoms with Crippen molar-refractivity contribution in [2.75, 3.05) is 52.5 Å². The zero-order valence-corrected chi connectivity index (χ0v) is 16.9. The molecule has 0 radical (unpaired) electrons. The fourth-order valence-electron chi connectivity index (χ4n) is 2.72. The van der Waals surface area contributed by atoms with Gasteiger partial charge in [0.25, 0.3) is 0 Å². The molecule has 1 fully saturated rings. The first-order valence-corrected chi connectivity index (χ1v) is 9.65. The summed E-state index contributed by atoms with van der Waals surface area (Å²) in [6.07, 6.45) is 0. The van der Waals surface area contributed by atoms with E-state index < -0.39 is 0 Å². The van der Waals surface area contributed by atoms with E-state index in [2.05, 4.69) is 10.2 Å². The minimum absolute atomic E-state index is 0.0740. The van der Waals surface area contributed by atoms with Gasteiger partial charge in [0.1, 0.15) is 12.4 Å². The van der Waals surface area contributed by atoms with Gasteiger partial charge >= 0.3 is 6.03 Å². The van der Waals surface area contributed by atoms with Crippen LogP contribution in [0.3, 0.4) is 0 Å². The number of halogens is 2. The van der Waals surface area contributed by atoms with Crippen LogP contribution in [0, 0.1) is 0 Å². The first-order chi connectivity index (χ1) is 12.5. The number of morpholine rings is 1. The van der Waals surface area contributed by atoms with Crippen LogP contribution in [0.15, 0.2) is 18.2 Å². The normalized spacial score (nSPS) is 15.1. The van der Waals surface area contributed by atoms with Gasteiger partial charge in [-0.2, -0.15) is 0 Å². The van der Waals surface area contributed by atoms with Crippen molar-refractivity contribution in [3.8, 4) is 5.75 Å². The molecule has 146 valence electrons. The fraction of sp³-hybridized carbons (Fsp3) is 0.611. The molecule has 2 amide bonds. The molecule has 0 aromatic heterocycles. The SMILES string of the molecule is CC(C)N(CCOc1cc(Cl)cc(Cl)c1)C(=O)NCCN1CCOCC1. The molecule has 8 heteroatoms. The molecule has 0 spiro atoms. The van der Waals surface area contributed by atoms with Crippen molar-refractivity contribution in [1.82, 2.24) is 15.1 Å². The molecule has 1 aliphatic heterocycles. The molecular formula is C18H27Cl2N3O3. The van der Waals surface area contributed by atoms with Crippen molar-refractivity contribution in [2.24, 2.45) is 0 Å².